The third-order valence-corrected chi connectivity index (χ3v) is 6.64. The highest BCUT2D eigenvalue weighted by Crippen LogP contribution is 2.23. The summed E-state index contributed by atoms with van der Waals surface area (Å²) >= 11 is 1.58. The maximum absolute atomic E-state index is 11.2. The lowest BCUT2D eigenvalue weighted by atomic mass is 10.0. The van der Waals surface area contributed by atoms with Crippen LogP contribution < -0.4 is 0 Å². The molecule has 0 radical (unpaired) electrons. The minimum Gasteiger partial charge on any atom is -0.478 e. The molecule has 0 aliphatic carbocycles. The van der Waals surface area contributed by atoms with Crippen molar-refractivity contribution >= 4 is 17.7 Å². The van der Waals surface area contributed by atoms with E-state index in [1.165, 1.54) is 16.7 Å². The van der Waals surface area contributed by atoms with Crippen molar-refractivity contribution in [2.24, 2.45) is 0 Å². The van der Waals surface area contributed by atoms with Crippen LogP contribution >= 0.6 is 11.8 Å². The van der Waals surface area contributed by atoms with Gasteiger partial charge in [0.25, 0.3) is 0 Å². The molecule has 1 aromatic carbocycles. The average molecular weight is 523 g/mol. The Morgan fingerprint density at radius 1 is 1.00 bits per heavy atom. The second-order valence-corrected chi connectivity index (χ2v) is 10.2. The molecule has 0 spiro atoms. The van der Waals surface area contributed by atoms with Crippen LogP contribution in [0.4, 0.5) is 0 Å². The highest BCUT2D eigenvalue weighted by atomic mass is 32.2. The molecular weight excluding hydrogens is 480 g/mol. The number of carbonyl (C=O) groups is 1. The molecular formula is C28H42O7S. The van der Waals surface area contributed by atoms with E-state index >= 15 is 0 Å². The van der Waals surface area contributed by atoms with E-state index in [2.05, 4.69) is 45.9 Å². The van der Waals surface area contributed by atoms with Gasteiger partial charge < -0.3 is 30.3 Å². The van der Waals surface area contributed by atoms with Crippen LogP contribution in [0.1, 0.15) is 70.2 Å². The van der Waals surface area contributed by atoms with Gasteiger partial charge in [0.1, 0.15) is 12.2 Å². The third-order valence-electron chi connectivity index (χ3n) is 5.64. The number of hydrogen-bond donors (Lipinski definition) is 5. The Morgan fingerprint density at radius 3 is 2.22 bits per heavy atom. The Hall–Kier alpha value is -1.94. The number of aromatic carboxylic acids is 1. The third kappa shape index (κ3) is 12.9. The number of rotatable bonds is 11. The quantitative estimate of drug-likeness (QED) is 0.209. The highest BCUT2D eigenvalue weighted by Gasteiger charge is 2.35. The Balaban J connectivity index is 0.000000488. The van der Waals surface area contributed by atoms with Crippen LogP contribution in [-0.4, -0.2) is 68.5 Å². The van der Waals surface area contributed by atoms with Crippen LogP contribution in [0, 0.1) is 0 Å². The van der Waals surface area contributed by atoms with Crippen LogP contribution in [0.25, 0.3) is 0 Å². The van der Waals surface area contributed by atoms with Gasteiger partial charge in [-0.15, -0.1) is 11.8 Å². The molecule has 1 fully saturated rings. The summed E-state index contributed by atoms with van der Waals surface area (Å²) in [6.07, 6.45) is 7.10. The molecule has 7 nitrogen and oxygen atoms in total. The highest BCUT2D eigenvalue weighted by molar-refractivity contribution is 7.99. The van der Waals surface area contributed by atoms with Gasteiger partial charge in [-0.25, -0.2) is 4.79 Å². The normalized spacial score (nSPS) is 22.4. The van der Waals surface area contributed by atoms with Gasteiger partial charge in [-0.2, -0.15) is 0 Å². The number of aliphatic hydroxyl groups is 4. The Morgan fingerprint density at radius 2 is 1.61 bits per heavy atom. The van der Waals surface area contributed by atoms with E-state index in [0.717, 1.165) is 36.3 Å². The molecule has 0 amide bonds. The fourth-order valence-electron chi connectivity index (χ4n) is 3.46. The first-order valence-corrected chi connectivity index (χ1v) is 13.2. The molecule has 0 aromatic heterocycles. The zero-order valence-electron chi connectivity index (χ0n) is 21.8. The smallest absolute Gasteiger partial charge is 0.336 e. The summed E-state index contributed by atoms with van der Waals surface area (Å²) in [5, 5.41) is 44.8. The van der Waals surface area contributed by atoms with Gasteiger partial charge in [0.2, 0.25) is 0 Å². The van der Waals surface area contributed by atoms with E-state index in [4.69, 9.17) is 25.2 Å². The molecule has 2 rings (SSSR count). The first kappa shape index (κ1) is 32.1. The number of thioether (sulfide) groups is 1. The van der Waals surface area contributed by atoms with Crippen molar-refractivity contribution in [3.8, 4) is 0 Å². The number of carboxylic acid groups (broad SMARTS) is 1. The van der Waals surface area contributed by atoms with E-state index in [1.807, 2.05) is 12.1 Å². The van der Waals surface area contributed by atoms with Crippen LogP contribution in [0.3, 0.4) is 0 Å². The zero-order valence-corrected chi connectivity index (χ0v) is 22.6. The predicted molar refractivity (Wildman–Crippen MR) is 144 cm³/mol. The molecule has 5 N–H and O–H groups in total. The largest absolute Gasteiger partial charge is 0.478 e. The van der Waals surface area contributed by atoms with E-state index in [1.54, 1.807) is 23.9 Å². The maximum Gasteiger partial charge on any atom is 0.336 e. The number of aliphatic hydroxyl groups excluding tert-OH is 4. The maximum atomic E-state index is 11.2. The Bertz CT molecular complexity index is 890. The molecule has 1 unspecified atom stereocenters. The van der Waals surface area contributed by atoms with Crippen molar-refractivity contribution < 1.29 is 35.1 Å². The van der Waals surface area contributed by atoms with Gasteiger partial charge in [-0.05, 0) is 65.5 Å². The van der Waals surface area contributed by atoms with Gasteiger partial charge in [-0.1, -0.05) is 47.1 Å². The molecule has 8 heteroatoms. The van der Waals surface area contributed by atoms with Crippen LogP contribution in [0.5, 0.6) is 0 Å². The van der Waals surface area contributed by atoms with E-state index in [-0.39, 0.29) is 6.42 Å². The number of allylic oxidation sites excluding steroid dienone is 5. The summed E-state index contributed by atoms with van der Waals surface area (Å²) in [7, 11) is 0. The van der Waals surface area contributed by atoms with Crippen molar-refractivity contribution in [1.29, 1.82) is 0 Å². The number of benzene rings is 1. The lowest BCUT2D eigenvalue weighted by Gasteiger charge is -2.33. The average Bonchev–Trinajstić information content (AvgIpc) is 2.81. The Kier molecular flexibility index (Phi) is 15.6. The zero-order chi connectivity index (χ0) is 27.1. The number of ether oxygens (including phenoxy) is 1. The summed E-state index contributed by atoms with van der Waals surface area (Å²) < 4.78 is 4.71. The molecule has 1 heterocycles. The molecule has 36 heavy (non-hydrogen) atoms. The molecule has 4 atom stereocenters. The number of hydrogen-bond acceptors (Lipinski definition) is 7. The lowest BCUT2D eigenvalue weighted by Crippen LogP contribution is -2.49. The van der Waals surface area contributed by atoms with Crippen molar-refractivity contribution in [3.63, 3.8) is 0 Å². The van der Waals surface area contributed by atoms with Crippen LogP contribution in [0.15, 0.2) is 64.1 Å². The number of carboxylic acids is 1. The molecule has 0 saturated carbocycles. The monoisotopic (exact) mass is 522 g/mol. The summed E-state index contributed by atoms with van der Waals surface area (Å²) in [4.78, 5) is 12.0. The van der Waals surface area contributed by atoms with Gasteiger partial charge in [-0.3, -0.25) is 0 Å². The van der Waals surface area contributed by atoms with E-state index in [0.29, 0.717) is 5.56 Å². The van der Waals surface area contributed by atoms with E-state index < -0.39 is 37.2 Å². The summed E-state index contributed by atoms with van der Waals surface area (Å²) in [5.74, 6) is -0.0584. The van der Waals surface area contributed by atoms with Crippen molar-refractivity contribution in [2.45, 2.75) is 89.3 Å². The second-order valence-electron chi connectivity index (χ2n) is 9.18. The van der Waals surface area contributed by atoms with Crippen molar-refractivity contribution in [1.82, 2.24) is 0 Å². The predicted octanol–water partition coefficient (Wildman–Crippen LogP) is 4.70. The fourth-order valence-corrected chi connectivity index (χ4v) is 4.50. The Labute approximate surface area is 219 Å². The van der Waals surface area contributed by atoms with Crippen molar-refractivity contribution in [3.05, 3.63) is 64.8 Å². The molecule has 1 aromatic rings. The van der Waals surface area contributed by atoms with Crippen molar-refractivity contribution in [2.75, 3.05) is 12.4 Å². The summed E-state index contributed by atoms with van der Waals surface area (Å²) in [6, 6.07) is 7.18. The second kappa shape index (κ2) is 17.5. The topological polar surface area (TPSA) is 127 Å². The first-order chi connectivity index (χ1) is 17.0. The van der Waals surface area contributed by atoms with Crippen LogP contribution in [-0.2, 0) is 4.74 Å². The molecule has 202 valence electrons. The van der Waals surface area contributed by atoms with E-state index in [9.17, 15) is 9.90 Å². The lowest BCUT2D eigenvalue weighted by molar-refractivity contribution is -0.239. The summed E-state index contributed by atoms with van der Waals surface area (Å²) in [6.45, 7) is 8.22. The fraction of sp³-hybridized carbons (Fsp3) is 0.536. The van der Waals surface area contributed by atoms with Gasteiger partial charge >= 0.3 is 5.97 Å². The minimum absolute atomic E-state index is 0.0162. The standard InChI is InChI=1S/C22H30O2S.C6H12O5/c1-17(2)9-7-10-18(3)11-8-12-19(4)15-16-25-21-14-6-5-13-20(21)22(23)24;7-2-4-6(10)3(8)1-5(9)11-4/h5-6,9,11,13-15H,7-8,10,12,16H2,1-4H3,(H,23,24);3-10H,1-2H2/b18-11+,19-15+;/t;3-,4-,5?,6+/m.1/s1. The summed E-state index contributed by atoms with van der Waals surface area (Å²) in [5.41, 5.74) is 4.57. The molecule has 1 aliphatic heterocycles. The molecule has 0 bridgehead atoms. The van der Waals surface area contributed by atoms with Gasteiger partial charge in [0.05, 0.1) is 18.3 Å². The first-order valence-electron chi connectivity index (χ1n) is 12.2. The molecule has 1 saturated heterocycles. The van der Waals surface area contributed by atoms with Crippen LogP contribution in [0.2, 0.25) is 0 Å². The molecule has 1 aliphatic rings. The SMILES string of the molecule is CC(C)=CCC/C(C)=C/CC/C(C)=C/CSc1ccccc1C(=O)O.OC[C@H]1OC(O)C[C@@H](O)[C@@H]1O. The minimum atomic E-state index is -1.11. The van der Waals surface area contributed by atoms with Gasteiger partial charge in [0.15, 0.2) is 6.29 Å². The van der Waals surface area contributed by atoms with Gasteiger partial charge in [0, 0.05) is 17.1 Å².